The molecule has 1 aromatic carbocycles. The van der Waals surface area contributed by atoms with E-state index in [2.05, 4.69) is 9.97 Å². The van der Waals surface area contributed by atoms with E-state index < -0.39 is 0 Å². The molecule has 1 aliphatic heterocycles. The molecule has 0 bridgehead atoms. The predicted octanol–water partition coefficient (Wildman–Crippen LogP) is 3.10. The molecule has 0 N–H and O–H groups in total. The van der Waals surface area contributed by atoms with E-state index in [1.165, 1.54) is 19.3 Å². The number of hydrogen-bond donors (Lipinski definition) is 0. The average Bonchev–Trinajstić information content (AvgIpc) is 2.53. The lowest BCUT2D eigenvalue weighted by molar-refractivity contribution is 0.0645. The van der Waals surface area contributed by atoms with Crippen LogP contribution in [0.3, 0.4) is 0 Å². The number of likely N-dealkylation sites (tertiary alicyclic amines) is 1. The molecule has 2 aromatic rings. The topological polar surface area (TPSA) is 81.6 Å². The van der Waals surface area contributed by atoms with Crippen molar-refractivity contribution in [2.75, 3.05) is 13.1 Å². The second-order valence-corrected chi connectivity index (χ2v) is 6.40. The van der Waals surface area contributed by atoms with Crippen molar-refractivity contribution in [2.24, 2.45) is 0 Å². The van der Waals surface area contributed by atoms with Gasteiger partial charge in [-0.15, -0.1) is 0 Å². The summed E-state index contributed by atoms with van der Waals surface area (Å²) in [5.74, 6) is 0.984. The van der Waals surface area contributed by atoms with Crippen molar-refractivity contribution < 1.29 is 19.1 Å². The Kier molecular flexibility index (Phi) is 5.16. The summed E-state index contributed by atoms with van der Waals surface area (Å²) in [6, 6.07) is 4.99. The van der Waals surface area contributed by atoms with E-state index in [1.807, 2.05) is 13.8 Å². The van der Waals surface area contributed by atoms with Crippen LogP contribution in [0.25, 0.3) is 0 Å². The van der Waals surface area contributed by atoms with Gasteiger partial charge < -0.3 is 14.4 Å². The number of carbonyl (C=O) groups is 2. The maximum absolute atomic E-state index is 12.1. The molecule has 0 atom stereocenters. The lowest BCUT2D eigenvalue weighted by Crippen LogP contribution is -2.42. The highest BCUT2D eigenvalue weighted by atomic mass is 16.5. The minimum absolute atomic E-state index is 0.0309. The van der Waals surface area contributed by atoms with Gasteiger partial charge in [-0.25, -0.2) is 9.97 Å². The van der Waals surface area contributed by atoms with Gasteiger partial charge in [-0.05, 0) is 39.3 Å². The summed E-state index contributed by atoms with van der Waals surface area (Å²) >= 11 is 0. The third-order valence-corrected chi connectivity index (χ3v) is 3.87. The molecule has 0 aliphatic carbocycles. The zero-order valence-corrected chi connectivity index (χ0v) is 15.1. The second kappa shape index (κ2) is 7.51. The van der Waals surface area contributed by atoms with Gasteiger partial charge in [-0.3, -0.25) is 9.59 Å². The number of ether oxygens (including phenoxy) is 2. The fourth-order valence-electron chi connectivity index (χ4n) is 2.46. The van der Waals surface area contributed by atoms with Crippen LogP contribution in [-0.4, -0.2) is 45.8 Å². The Hall–Kier alpha value is -2.96. The summed E-state index contributed by atoms with van der Waals surface area (Å²) < 4.78 is 11.4. The Labute approximate surface area is 152 Å². The van der Waals surface area contributed by atoms with Crippen LogP contribution >= 0.6 is 0 Å². The first kappa shape index (κ1) is 17.8. The van der Waals surface area contributed by atoms with Gasteiger partial charge in [0.25, 0.3) is 5.91 Å². The standard InChI is InChI=1S/C19H21N3O4/c1-12(2)25-15-7-14(13(3)23)8-16(9-15)26-18-11-20-17(10-21-18)19(24)22-5-4-6-22/h7-12H,4-6H2,1-3H3. The van der Waals surface area contributed by atoms with Gasteiger partial charge in [-0.1, -0.05) is 0 Å². The highest BCUT2D eigenvalue weighted by molar-refractivity contribution is 5.95. The van der Waals surface area contributed by atoms with Gasteiger partial charge in [0, 0.05) is 24.7 Å². The molecule has 1 aromatic heterocycles. The summed E-state index contributed by atoms with van der Waals surface area (Å²) in [4.78, 5) is 33.8. The van der Waals surface area contributed by atoms with Crippen LogP contribution in [0, 0.1) is 0 Å². The van der Waals surface area contributed by atoms with Crippen LogP contribution in [0.1, 0.15) is 48.0 Å². The predicted molar refractivity (Wildman–Crippen MR) is 94.8 cm³/mol. The van der Waals surface area contributed by atoms with Crippen molar-refractivity contribution >= 4 is 11.7 Å². The molecule has 3 rings (SSSR count). The number of nitrogens with zero attached hydrogens (tertiary/aromatic N) is 3. The van der Waals surface area contributed by atoms with E-state index in [-0.39, 0.29) is 23.7 Å². The highest BCUT2D eigenvalue weighted by Crippen LogP contribution is 2.27. The van der Waals surface area contributed by atoms with E-state index in [0.717, 1.165) is 19.5 Å². The lowest BCUT2D eigenvalue weighted by Gasteiger charge is -2.30. The number of Topliss-reactive ketones (excluding diaryl/α,β-unsaturated/α-hetero) is 1. The summed E-state index contributed by atoms with van der Waals surface area (Å²) in [6.45, 7) is 6.80. The van der Waals surface area contributed by atoms with Crippen LogP contribution in [0.2, 0.25) is 0 Å². The summed E-state index contributed by atoms with van der Waals surface area (Å²) in [7, 11) is 0. The van der Waals surface area contributed by atoms with Crippen molar-refractivity contribution in [1.82, 2.24) is 14.9 Å². The number of aromatic nitrogens is 2. The van der Waals surface area contributed by atoms with Gasteiger partial charge in [0.2, 0.25) is 5.88 Å². The zero-order chi connectivity index (χ0) is 18.7. The smallest absolute Gasteiger partial charge is 0.274 e. The van der Waals surface area contributed by atoms with E-state index in [0.29, 0.717) is 22.8 Å². The van der Waals surface area contributed by atoms with Gasteiger partial charge in [0.15, 0.2) is 5.78 Å². The fraction of sp³-hybridized carbons (Fsp3) is 0.368. The summed E-state index contributed by atoms with van der Waals surface area (Å²) in [5.41, 5.74) is 0.772. The molecule has 0 unspecified atom stereocenters. The molecule has 7 heteroatoms. The number of amides is 1. The Morgan fingerprint density at radius 3 is 2.35 bits per heavy atom. The molecule has 7 nitrogen and oxygen atoms in total. The number of ketones is 1. The number of rotatable bonds is 6. The number of carbonyl (C=O) groups excluding carboxylic acids is 2. The quantitative estimate of drug-likeness (QED) is 0.741. The van der Waals surface area contributed by atoms with E-state index in [9.17, 15) is 9.59 Å². The Bertz CT molecular complexity index is 814. The van der Waals surface area contributed by atoms with Gasteiger partial charge in [0.05, 0.1) is 18.5 Å². The van der Waals surface area contributed by atoms with Crippen molar-refractivity contribution in [3.05, 3.63) is 41.9 Å². The van der Waals surface area contributed by atoms with Crippen LogP contribution in [0.5, 0.6) is 17.4 Å². The molecule has 0 radical (unpaired) electrons. The third-order valence-electron chi connectivity index (χ3n) is 3.87. The first-order valence-corrected chi connectivity index (χ1v) is 8.54. The SMILES string of the molecule is CC(=O)c1cc(Oc2cnc(C(=O)N3CCC3)cn2)cc(OC(C)C)c1. The molecule has 136 valence electrons. The summed E-state index contributed by atoms with van der Waals surface area (Å²) in [5, 5.41) is 0. The summed E-state index contributed by atoms with van der Waals surface area (Å²) in [6.07, 6.45) is 3.79. The first-order chi connectivity index (χ1) is 12.4. The van der Waals surface area contributed by atoms with Crippen LogP contribution in [-0.2, 0) is 0 Å². The van der Waals surface area contributed by atoms with Crippen molar-refractivity contribution in [3.8, 4) is 17.4 Å². The number of benzene rings is 1. The monoisotopic (exact) mass is 355 g/mol. The van der Waals surface area contributed by atoms with E-state index >= 15 is 0 Å². The van der Waals surface area contributed by atoms with Crippen LogP contribution in [0.4, 0.5) is 0 Å². The fourth-order valence-corrected chi connectivity index (χ4v) is 2.46. The Morgan fingerprint density at radius 2 is 1.81 bits per heavy atom. The highest BCUT2D eigenvalue weighted by Gasteiger charge is 2.22. The maximum atomic E-state index is 12.1. The Balaban J connectivity index is 1.77. The van der Waals surface area contributed by atoms with Gasteiger partial charge in [-0.2, -0.15) is 0 Å². The molecular weight excluding hydrogens is 334 g/mol. The molecule has 1 aliphatic rings. The molecule has 0 spiro atoms. The largest absolute Gasteiger partial charge is 0.491 e. The third kappa shape index (κ3) is 4.17. The molecule has 26 heavy (non-hydrogen) atoms. The van der Waals surface area contributed by atoms with Gasteiger partial charge in [0.1, 0.15) is 17.2 Å². The first-order valence-electron chi connectivity index (χ1n) is 8.54. The average molecular weight is 355 g/mol. The van der Waals surface area contributed by atoms with Crippen LogP contribution in [0.15, 0.2) is 30.6 Å². The molecule has 1 saturated heterocycles. The van der Waals surface area contributed by atoms with E-state index in [1.54, 1.807) is 23.1 Å². The normalized spacial score (nSPS) is 13.3. The molecule has 0 saturated carbocycles. The van der Waals surface area contributed by atoms with Crippen molar-refractivity contribution in [3.63, 3.8) is 0 Å². The number of hydrogen-bond acceptors (Lipinski definition) is 6. The maximum Gasteiger partial charge on any atom is 0.274 e. The molecule has 1 fully saturated rings. The molecule has 2 heterocycles. The second-order valence-electron chi connectivity index (χ2n) is 6.40. The van der Waals surface area contributed by atoms with E-state index in [4.69, 9.17) is 9.47 Å². The Morgan fingerprint density at radius 1 is 1.08 bits per heavy atom. The zero-order valence-electron chi connectivity index (χ0n) is 15.1. The molecular formula is C19H21N3O4. The minimum atomic E-state index is -0.124. The van der Waals surface area contributed by atoms with Crippen molar-refractivity contribution in [1.29, 1.82) is 0 Å². The van der Waals surface area contributed by atoms with Gasteiger partial charge >= 0.3 is 0 Å². The van der Waals surface area contributed by atoms with Crippen LogP contribution < -0.4 is 9.47 Å². The lowest BCUT2D eigenvalue weighted by atomic mass is 10.1. The molecule has 1 amide bonds. The van der Waals surface area contributed by atoms with Crippen molar-refractivity contribution in [2.45, 2.75) is 33.3 Å². The minimum Gasteiger partial charge on any atom is -0.491 e.